The molecule has 3 fully saturated rings. The second kappa shape index (κ2) is 7.50. The van der Waals surface area contributed by atoms with Crippen LogP contribution in [0.2, 0.25) is 0 Å². The van der Waals surface area contributed by atoms with Crippen LogP contribution in [0.3, 0.4) is 0 Å². The van der Waals surface area contributed by atoms with Gasteiger partial charge in [0, 0.05) is 43.6 Å². The highest BCUT2D eigenvalue weighted by Gasteiger charge is 2.33. The fourth-order valence-electron chi connectivity index (χ4n) is 4.09. The third-order valence-electron chi connectivity index (χ3n) is 5.69. The van der Waals surface area contributed by atoms with Crippen LogP contribution in [0.15, 0.2) is 10.9 Å². The first-order valence-electron chi connectivity index (χ1n) is 9.42. The minimum atomic E-state index is 0.215. The zero-order valence-electron chi connectivity index (χ0n) is 14.3. The lowest BCUT2D eigenvalue weighted by Gasteiger charge is -2.42. The number of nitrogens with one attached hydrogen (secondary N) is 1. The molecule has 1 aromatic rings. The van der Waals surface area contributed by atoms with Crippen molar-refractivity contribution in [3.8, 4) is 0 Å². The highest BCUT2D eigenvalue weighted by atomic mass is 32.1. The van der Waals surface area contributed by atoms with Crippen molar-refractivity contribution in [3.63, 3.8) is 0 Å². The van der Waals surface area contributed by atoms with Crippen molar-refractivity contribution in [1.29, 1.82) is 0 Å². The average molecular weight is 349 g/mol. The summed E-state index contributed by atoms with van der Waals surface area (Å²) in [6.45, 7) is 5.43. The second-order valence-corrected chi connectivity index (χ2v) is 8.32. The smallest absolute Gasteiger partial charge is 0.224 e. The summed E-state index contributed by atoms with van der Waals surface area (Å²) in [5.41, 5.74) is 3.12. The first-order valence-corrected chi connectivity index (χ1v) is 10.4. The molecule has 6 heteroatoms. The molecule has 0 radical (unpaired) electrons. The molecule has 0 bridgehead atoms. The van der Waals surface area contributed by atoms with Crippen LogP contribution in [0.4, 0.5) is 0 Å². The molecule has 132 valence electrons. The lowest BCUT2D eigenvalue weighted by atomic mass is 9.93. The largest absolute Gasteiger partial charge is 0.353 e. The Morgan fingerprint density at radius 2 is 2.04 bits per heavy atom. The van der Waals surface area contributed by atoms with Crippen molar-refractivity contribution in [2.24, 2.45) is 5.92 Å². The van der Waals surface area contributed by atoms with Gasteiger partial charge in [-0.2, -0.15) is 0 Å². The van der Waals surface area contributed by atoms with Gasteiger partial charge in [-0.05, 0) is 45.1 Å². The number of carbonyl (C=O) groups is 1. The minimum absolute atomic E-state index is 0.215. The Morgan fingerprint density at radius 3 is 2.75 bits per heavy atom. The van der Waals surface area contributed by atoms with Crippen molar-refractivity contribution in [2.45, 2.75) is 57.2 Å². The first kappa shape index (κ1) is 16.5. The molecule has 1 aliphatic carbocycles. The van der Waals surface area contributed by atoms with E-state index < -0.39 is 0 Å². The van der Waals surface area contributed by atoms with Gasteiger partial charge in [0.25, 0.3) is 0 Å². The Hall–Kier alpha value is -0.980. The normalized spacial score (nSPS) is 27.2. The van der Waals surface area contributed by atoms with Gasteiger partial charge in [-0.1, -0.05) is 0 Å². The number of thiazole rings is 1. The van der Waals surface area contributed by atoms with Crippen LogP contribution in [0.5, 0.6) is 0 Å². The fraction of sp³-hybridized carbons (Fsp3) is 0.778. The van der Waals surface area contributed by atoms with Gasteiger partial charge in [0.05, 0.1) is 17.1 Å². The average Bonchev–Trinajstić information content (AvgIpc) is 3.28. The minimum Gasteiger partial charge on any atom is -0.353 e. The Bertz CT molecular complexity index is 537. The van der Waals surface area contributed by atoms with Gasteiger partial charge in [0.15, 0.2) is 0 Å². The van der Waals surface area contributed by atoms with Gasteiger partial charge in [-0.3, -0.25) is 14.6 Å². The molecule has 1 N–H and O–H groups in total. The van der Waals surface area contributed by atoms with E-state index in [0.717, 1.165) is 32.6 Å². The number of hydrogen-bond acceptors (Lipinski definition) is 5. The molecule has 1 aromatic heterocycles. The SMILES string of the molecule is O=C(NC1CC1)C1CCCN(C2CCN(Cc3cscn3)CC2)C1. The van der Waals surface area contributed by atoms with Crippen LogP contribution in [0, 0.1) is 5.92 Å². The van der Waals surface area contributed by atoms with Gasteiger partial charge >= 0.3 is 0 Å². The molecule has 3 aliphatic rings. The molecule has 2 aliphatic heterocycles. The number of amides is 1. The number of likely N-dealkylation sites (tertiary alicyclic amines) is 2. The van der Waals surface area contributed by atoms with E-state index in [2.05, 4.69) is 25.5 Å². The summed E-state index contributed by atoms with van der Waals surface area (Å²) in [5, 5.41) is 5.35. The molecule has 1 unspecified atom stereocenters. The third-order valence-corrected chi connectivity index (χ3v) is 6.33. The Labute approximate surface area is 148 Å². The second-order valence-electron chi connectivity index (χ2n) is 7.60. The zero-order chi connectivity index (χ0) is 16.4. The van der Waals surface area contributed by atoms with E-state index >= 15 is 0 Å². The molecular formula is C18H28N4OS. The molecule has 2 saturated heterocycles. The van der Waals surface area contributed by atoms with E-state index in [1.165, 1.54) is 44.3 Å². The number of rotatable bonds is 5. The first-order chi connectivity index (χ1) is 11.8. The van der Waals surface area contributed by atoms with Gasteiger partial charge < -0.3 is 5.32 Å². The van der Waals surface area contributed by atoms with E-state index in [9.17, 15) is 4.79 Å². The molecule has 1 atom stereocenters. The quantitative estimate of drug-likeness (QED) is 0.885. The zero-order valence-corrected chi connectivity index (χ0v) is 15.1. The number of piperidine rings is 2. The summed E-state index contributed by atoms with van der Waals surface area (Å²) in [6.07, 6.45) is 7.04. The van der Waals surface area contributed by atoms with Crippen molar-refractivity contribution < 1.29 is 4.79 Å². The molecule has 4 rings (SSSR count). The lowest BCUT2D eigenvalue weighted by molar-refractivity contribution is -0.127. The predicted octanol–water partition coefficient (Wildman–Crippen LogP) is 2.10. The Morgan fingerprint density at radius 1 is 1.21 bits per heavy atom. The van der Waals surface area contributed by atoms with Crippen LogP contribution in [0.25, 0.3) is 0 Å². The summed E-state index contributed by atoms with van der Waals surface area (Å²) in [7, 11) is 0. The Kier molecular flexibility index (Phi) is 5.15. The summed E-state index contributed by atoms with van der Waals surface area (Å²) in [6, 6.07) is 1.15. The maximum absolute atomic E-state index is 12.4. The predicted molar refractivity (Wildman–Crippen MR) is 95.9 cm³/mol. The molecule has 3 heterocycles. The molecule has 0 aromatic carbocycles. The van der Waals surface area contributed by atoms with E-state index in [-0.39, 0.29) is 5.92 Å². The van der Waals surface area contributed by atoms with Crippen molar-refractivity contribution in [1.82, 2.24) is 20.1 Å². The van der Waals surface area contributed by atoms with Gasteiger partial charge in [-0.25, -0.2) is 4.98 Å². The molecule has 1 amide bonds. The molecule has 1 saturated carbocycles. The van der Waals surface area contributed by atoms with Crippen LogP contribution < -0.4 is 5.32 Å². The Balaban J connectivity index is 1.24. The maximum Gasteiger partial charge on any atom is 0.224 e. The highest BCUT2D eigenvalue weighted by Crippen LogP contribution is 2.26. The summed E-state index contributed by atoms with van der Waals surface area (Å²) >= 11 is 1.68. The van der Waals surface area contributed by atoms with Gasteiger partial charge in [0.1, 0.15) is 0 Å². The molecule has 0 spiro atoms. The molecule has 5 nitrogen and oxygen atoms in total. The van der Waals surface area contributed by atoms with Crippen molar-refractivity contribution in [3.05, 3.63) is 16.6 Å². The third kappa shape index (κ3) is 4.16. The van der Waals surface area contributed by atoms with Crippen molar-refractivity contribution in [2.75, 3.05) is 26.2 Å². The highest BCUT2D eigenvalue weighted by molar-refractivity contribution is 7.07. The van der Waals surface area contributed by atoms with Crippen LogP contribution in [-0.4, -0.2) is 59.0 Å². The van der Waals surface area contributed by atoms with Crippen LogP contribution >= 0.6 is 11.3 Å². The number of carbonyl (C=O) groups excluding carboxylic acids is 1. The number of nitrogens with zero attached hydrogens (tertiary/aromatic N) is 3. The summed E-state index contributed by atoms with van der Waals surface area (Å²) in [4.78, 5) is 21.9. The lowest BCUT2D eigenvalue weighted by Crippen LogP contribution is -2.50. The van der Waals surface area contributed by atoms with E-state index in [1.807, 2.05) is 5.51 Å². The van der Waals surface area contributed by atoms with Crippen LogP contribution in [-0.2, 0) is 11.3 Å². The van der Waals surface area contributed by atoms with Gasteiger partial charge in [0.2, 0.25) is 5.91 Å². The monoisotopic (exact) mass is 348 g/mol. The standard InChI is InChI=1S/C18H28N4OS/c23-18(20-15-3-4-15)14-2-1-7-22(10-14)17-5-8-21(9-6-17)11-16-12-24-13-19-16/h12-15,17H,1-11H2,(H,20,23). The van der Waals surface area contributed by atoms with E-state index in [0.29, 0.717) is 18.0 Å². The van der Waals surface area contributed by atoms with E-state index in [1.54, 1.807) is 11.3 Å². The number of hydrogen-bond donors (Lipinski definition) is 1. The molecular weight excluding hydrogens is 320 g/mol. The fourth-order valence-corrected chi connectivity index (χ4v) is 4.64. The molecule has 24 heavy (non-hydrogen) atoms. The summed E-state index contributed by atoms with van der Waals surface area (Å²) < 4.78 is 0. The number of aromatic nitrogens is 1. The van der Waals surface area contributed by atoms with E-state index in [4.69, 9.17) is 0 Å². The topological polar surface area (TPSA) is 48.5 Å². The summed E-state index contributed by atoms with van der Waals surface area (Å²) in [5.74, 6) is 0.524. The van der Waals surface area contributed by atoms with Gasteiger partial charge in [-0.15, -0.1) is 11.3 Å². The van der Waals surface area contributed by atoms with Crippen LogP contribution in [0.1, 0.15) is 44.2 Å². The maximum atomic E-state index is 12.4. The van der Waals surface area contributed by atoms with Crippen molar-refractivity contribution >= 4 is 17.2 Å².